The van der Waals surface area contributed by atoms with Crippen LogP contribution >= 0.6 is 0 Å². The summed E-state index contributed by atoms with van der Waals surface area (Å²) in [5.41, 5.74) is 0. The van der Waals surface area contributed by atoms with Crippen molar-refractivity contribution in [3.63, 3.8) is 0 Å². The second kappa shape index (κ2) is 6.40. The molecule has 2 atom stereocenters. The molecular formula is C10H23NO2S. The maximum Gasteiger partial charge on any atom is 0.147 e. The fourth-order valence-corrected chi connectivity index (χ4v) is 2.40. The van der Waals surface area contributed by atoms with Crippen LogP contribution in [-0.2, 0) is 9.84 Å². The van der Waals surface area contributed by atoms with Crippen LogP contribution in [0.3, 0.4) is 0 Å². The Hall–Kier alpha value is -0.0900. The zero-order valence-corrected chi connectivity index (χ0v) is 10.5. The van der Waals surface area contributed by atoms with E-state index in [0.29, 0.717) is 17.7 Å². The molecule has 0 bridgehead atoms. The van der Waals surface area contributed by atoms with E-state index >= 15 is 0 Å². The maximum atomic E-state index is 10.9. The van der Waals surface area contributed by atoms with Crippen molar-refractivity contribution in [2.45, 2.75) is 39.7 Å². The van der Waals surface area contributed by atoms with E-state index in [2.05, 4.69) is 26.1 Å². The minimum atomic E-state index is -2.79. The predicted molar refractivity (Wildman–Crippen MR) is 61.2 cm³/mol. The molecule has 0 aromatic heterocycles. The Morgan fingerprint density at radius 1 is 1.29 bits per heavy atom. The van der Waals surface area contributed by atoms with Gasteiger partial charge in [0.15, 0.2) is 0 Å². The molecule has 86 valence electrons. The lowest BCUT2D eigenvalue weighted by Gasteiger charge is -2.17. The van der Waals surface area contributed by atoms with Gasteiger partial charge in [-0.25, -0.2) is 8.42 Å². The first-order valence-electron chi connectivity index (χ1n) is 5.26. The third-order valence-corrected chi connectivity index (χ3v) is 3.27. The quantitative estimate of drug-likeness (QED) is 0.707. The number of hydrogen-bond donors (Lipinski definition) is 1. The molecule has 0 aromatic rings. The Kier molecular flexibility index (Phi) is 6.36. The highest BCUT2D eigenvalue weighted by molar-refractivity contribution is 7.90. The van der Waals surface area contributed by atoms with Crippen molar-refractivity contribution in [1.29, 1.82) is 0 Å². The highest BCUT2D eigenvalue weighted by Crippen LogP contribution is 2.11. The third kappa shape index (κ3) is 8.51. The summed E-state index contributed by atoms with van der Waals surface area (Å²) < 4.78 is 21.9. The zero-order valence-electron chi connectivity index (χ0n) is 9.71. The summed E-state index contributed by atoms with van der Waals surface area (Å²) in [4.78, 5) is 0. The van der Waals surface area contributed by atoms with Crippen LogP contribution in [0.25, 0.3) is 0 Å². The van der Waals surface area contributed by atoms with Gasteiger partial charge in [0, 0.05) is 12.3 Å². The molecule has 0 rings (SSSR count). The van der Waals surface area contributed by atoms with Crippen molar-refractivity contribution in [1.82, 2.24) is 5.32 Å². The van der Waals surface area contributed by atoms with E-state index in [0.717, 1.165) is 19.4 Å². The number of rotatable bonds is 7. The normalized spacial score (nSPS) is 16.6. The molecule has 14 heavy (non-hydrogen) atoms. The molecular weight excluding hydrogens is 198 g/mol. The van der Waals surface area contributed by atoms with Crippen LogP contribution in [0.15, 0.2) is 0 Å². The second-order valence-electron chi connectivity index (χ2n) is 4.22. The Morgan fingerprint density at radius 2 is 1.86 bits per heavy atom. The van der Waals surface area contributed by atoms with Gasteiger partial charge in [-0.2, -0.15) is 0 Å². The summed E-state index contributed by atoms with van der Waals surface area (Å²) in [6, 6.07) is 0.481. The monoisotopic (exact) mass is 221 g/mol. The van der Waals surface area contributed by atoms with E-state index in [1.807, 2.05) is 0 Å². The molecule has 3 nitrogen and oxygen atoms in total. The van der Waals surface area contributed by atoms with Crippen molar-refractivity contribution < 1.29 is 8.42 Å². The molecule has 2 unspecified atom stereocenters. The average molecular weight is 221 g/mol. The van der Waals surface area contributed by atoms with Gasteiger partial charge in [0.2, 0.25) is 0 Å². The van der Waals surface area contributed by atoms with Crippen LogP contribution in [0.1, 0.15) is 33.6 Å². The van der Waals surface area contributed by atoms with E-state index < -0.39 is 9.84 Å². The molecule has 0 saturated heterocycles. The van der Waals surface area contributed by atoms with Gasteiger partial charge in [0.05, 0.1) is 5.75 Å². The minimum absolute atomic E-state index is 0.313. The van der Waals surface area contributed by atoms with Crippen LogP contribution in [-0.4, -0.2) is 33.0 Å². The van der Waals surface area contributed by atoms with Gasteiger partial charge < -0.3 is 5.32 Å². The Bertz CT molecular complexity index is 237. The molecule has 0 aliphatic carbocycles. The van der Waals surface area contributed by atoms with E-state index in [-0.39, 0.29) is 0 Å². The summed E-state index contributed by atoms with van der Waals surface area (Å²) in [7, 11) is -2.79. The van der Waals surface area contributed by atoms with E-state index in [1.165, 1.54) is 6.26 Å². The van der Waals surface area contributed by atoms with Gasteiger partial charge in [0.1, 0.15) is 9.84 Å². The van der Waals surface area contributed by atoms with Crippen LogP contribution in [0.5, 0.6) is 0 Å². The largest absolute Gasteiger partial charge is 0.315 e. The van der Waals surface area contributed by atoms with Crippen LogP contribution in [0.2, 0.25) is 0 Å². The van der Waals surface area contributed by atoms with E-state index in [4.69, 9.17) is 0 Å². The molecule has 0 spiro atoms. The molecule has 0 aliphatic heterocycles. The standard InChI is InChI=1S/C10H23NO2S/c1-5-11-10(3)8-9(2)6-7-14(4,12)13/h9-11H,5-8H2,1-4H3. The topological polar surface area (TPSA) is 46.2 Å². The number of sulfone groups is 1. The van der Waals surface area contributed by atoms with Crippen LogP contribution < -0.4 is 5.32 Å². The van der Waals surface area contributed by atoms with Crippen LogP contribution in [0, 0.1) is 5.92 Å². The van der Waals surface area contributed by atoms with Crippen LogP contribution in [0.4, 0.5) is 0 Å². The van der Waals surface area contributed by atoms with Gasteiger partial charge in [-0.15, -0.1) is 0 Å². The van der Waals surface area contributed by atoms with Gasteiger partial charge in [0.25, 0.3) is 0 Å². The van der Waals surface area contributed by atoms with Crippen molar-refractivity contribution in [2.75, 3.05) is 18.6 Å². The summed E-state index contributed by atoms with van der Waals surface area (Å²) in [5.74, 6) is 0.784. The van der Waals surface area contributed by atoms with Crippen molar-refractivity contribution in [3.8, 4) is 0 Å². The molecule has 0 radical (unpaired) electrons. The van der Waals surface area contributed by atoms with Gasteiger partial charge in [-0.3, -0.25) is 0 Å². The first-order valence-corrected chi connectivity index (χ1v) is 7.32. The third-order valence-electron chi connectivity index (χ3n) is 2.29. The Morgan fingerprint density at radius 3 is 2.29 bits per heavy atom. The molecule has 0 amide bonds. The Labute approximate surface area is 88.2 Å². The molecule has 4 heteroatoms. The molecule has 0 aromatic carbocycles. The fraction of sp³-hybridized carbons (Fsp3) is 1.00. The average Bonchev–Trinajstić information content (AvgIpc) is 2.00. The number of hydrogen-bond acceptors (Lipinski definition) is 3. The van der Waals surface area contributed by atoms with Crippen molar-refractivity contribution in [3.05, 3.63) is 0 Å². The molecule has 0 fully saturated rings. The summed E-state index contributed by atoms with van der Waals surface area (Å²) in [6.45, 7) is 7.30. The Balaban J connectivity index is 3.70. The SMILES string of the molecule is CCNC(C)CC(C)CCS(C)(=O)=O. The van der Waals surface area contributed by atoms with Gasteiger partial charge in [-0.05, 0) is 32.2 Å². The lowest BCUT2D eigenvalue weighted by Crippen LogP contribution is -2.27. The highest BCUT2D eigenvalue weighted by Gasteiger charge is 2.10. The molecule has 0 heterocycles. The fourth-order valence-electron chi connectivity index (χ4n) is 1.57. The summed E-state index contributed by atoms with van der Waals surface area (Å²) in [6.07, 6.45) is 3.12. The lowest BCUT2D eigenvalue weighted by atomic mass is 10.0. The van der Waals surface area contributed by atoms with Gasteiger partial charge in [-0.1, -0.05) is 13.8 Å². The first kappa shape index (κ1) is 13.9. The van der Waals surface area contributed by atoms with Gasteiger partial charge >= 0.3 is 0 Å². The molecule has 0 saturated carbocycles. The summed E-state index contributed by atoms with van der Waals surface area (Å²) in [5, 5.41) is 3.32. The van der Waals surface area contributed by atoms with Crippen molar-refractivity contribution >= 4 is 9.84 Å². The highest BCUT2D eigenvalue weighted by atomic mass is 32.2. The molecule has 0 aliphatic rings. The maximum absolute atomic E-state index is 10.9. The van der Waals surface area contributed by atoms with E-state index in [1.54, 1.807) is 0 Å². The number of nitrogens with one attached hydrogen (secondary N) is 1. The first-order chi connectivity index (χ1) is 6.35. The smallest absolute Gasteiger partial charge is 0.147 e. The lowest BCUT2D eigenvalue weighted by molar-refractivity contribution is 0.419. The zero-order chi connectivity index (χ0) is 11.2. The summed E-state index contributed by atoms with van der Waals surface area (Å²) >= 11 is 0. The second-order valence-corrected chi connectivity index (χ2v) is 6.48. The molecule has 1 N–H and O–H groups in total. The predicted octanol–water partition coefficient (Wildman–Crippen LogP) is 1.45. The van der Waals surface area contributed by atoms with Crippen molar-refractivity contribution in [2.24, 2.45) is 5.92 Å². The minimum Gasteiger partial charge on any atom is -0.315 e. The van der Waals surface area contributed by atoms with E-state index in [9.17, 15) is 8.42 Å².